The normalized spacial score (nSPS) is 0. The van der Waals surface area contributed by atoms with Crippen molar-refractivity contribution in [3.05, 3.63) is 0 Å². The Labute approximate surface area is 75.7 Å². The van der Waals surface area contributed by atoms with Crippen molar-refractivity contribution in [1.82, 2.24) is 0 Å². The molecule has 0 amide bonds. The third kappa shape index (κ3) is 8.83. The van der Waals surface area contributed by atoms with E-state index in [1.54, 1.807) is 0 Å². The second-order valence-corrected chi connectivity index (χ2v) is 0. The van der Waals surface area contributed by atoms with Crippen LogP contribution in [0.3, 0.4) is 0 Å². The van der Waals surface area contributed by atoms with Crippen LogP contribution in [-0.4, -0.2) is 40.4 Å². The van der Waals surface area contributed by atoms with Crippen LogP contribution in [-0.2, 0) is 36.3 Å². The monoisotopic (exact) mass is 179 g/mol. The molecule has 4 heavy (non-hydrogen) atoms. The van der Waals surface area contributed by atoms with Crippen LogP contribution in [0.25, 0.3) is 0 Å². The second kappa shape index (κ2) is 18.1. The van der Waals surface area contributed by atoms with Gasteiger partial charge in [0.2, 0.25) is 0 Å². The molecule has 0 saturated heterocycles. The summed E-state index contributed by atoms with van der Waals surface area (Å²) in [6.07, 6.45) is 0. The summed E-state index contributed by atoms with van der Waals surface area (Å²) in [5.74, 6) is 0. The van der Waals surface area contributed by atoms with Gasteiger partial charge in [-0.05, 0) is 0 Å². The summed E-state index contributed by atoms with van der Waals surface area (Å²) >= 11 is 0. The predicted molar refractivity (Wildman–Crippen MR) is 18.5 cm³/mol. The van der Waals surface area contributed by atoms with Crippen LogP contribution in [0.4, 0.5) is 0 Å². The van der Waals surface area contributed by atoms with E-state index in [1.165, 1.54) is 0 Å². The smallest absolute Gasteiger partial charge is 0 e. The predicted octanol–water partition coefficient (Wildman–Crippen LogP) is -2.11. The zero-order valence-corrected chi connectivity index (χ0v) is 5.05. The van der Waals surface area contributed by atoms with Gasteiger partial charge in [-0.3, -0.25) is 0 Å². The average molecular weight is 181 g/mol. The van der Waals surface area contributed by atoms with Crippen molar-refractivity contribution in [3.63, 3.8) is 0 Å². The molecule has 0 rings (SSSR count). The van der Waals surface area contributed by atoms with E-state index in [4.69, 9.17) is 0 Å². The molecule has 21 valence electrons. The first-order chi connectivity index (χ1) is 0. The van der Waals surface area contributed by atoms with Gasteiger partial charge in [0.05, 0.1) is 0 Å². The number of rotatable bonds is 0. The van der Waals surface area contributed by atoms with E-state index < -0.39 is 0 Å². The quantitative estimate of drug-likeness (QED) is 0.375. The van der Waals surface area contributed by atoms with E-state index in [-0.39, 0.29) is 76.7 Å². The zero-order chi connectivity index (χ0) is 0. The topological polar surface area (TPSA) is 0 Å². The third-order valence-corrected chi connectivity index (χ3v) is 0. The third-order valence-electron chi connectivity index (χ3n) is 0. The van der Waals surface area contributed by atoms with Gasteiger partial charge in [-0.25, -0.2) is 0 Å². The Bertz CT molecular complexity index is 8.00. The minimum Gasteiger partial charge on any atom is 0 e. The van der Waals surface area contributed by atoms with Crippen LogP contribution in [0.5, 0.6) is 0 Å². The molecular weight excluding hydrogens is 176 g/mol. The first-order valence-corrected chi connectivity index (χ1v) is 0. The van der Waals surface area contributed by atoms with Crippen LogP contribution in [0.15, 0.2) is 0 Å². The minimum atomic E-state index is 0. The SMILES string of the molecule is [AlH3].[Co].[MgH2].[Zn]. The van der Waals surface area contributed by atoms with Crippen molar-refractivity contribution in [3.8, 4) is 0 Å². The Hall–Kier alpha value is 2.43. The largest absolute Gasteiger partial charge is 0.316 e. The molecule has 0 aliphatic carbocycles. The van der Waals surface area contributed by atoms with Crippen LogP contribution in [0, 0.1) is 0 Å². The van der Waals surface area contributed by atoms with Gasteiger partial charge in [-0.15, -0.1) is 0 Å². The molecule has 0 aromatic carbocycles. The van der Waals surface area contributed by atoms with Crippen molar-refractivity contribution in [2.75, 3.05) is 0 Å². The fourth-order valence-corrected chi connectivity index (χ4v) is 0. The van der Waals surface area contributed by atoms with Crippen molar-refractivity contribution in [2.45, 2.75) is 0 Å². The first-order valence-electron chi connectivity index (χ1n) is 0. The summed E-state index contributed by atoms with van der Waals surface area (Å²) in [5, 5.41) is 0. The average Bonchev–Trinajstić information content (AvgIpc) is 0. The standard InChI is InChI=1S/Al.Co.Mg.Zn.5H. The van der Waals surface area contributed by atoms with Crippen LogP contribution in [0.1, 0.15) is 0 Å². The van der Waals surface area contributed by atoms with Gasteiger partial charge in [-0.1, -0.05) is 0 Å². The summed E-state index contributed by atoms with van der Waals surface area (Å²) in [7, 11) is 0. The Morgan fingerprint density at radius 3 is 1.00 bits per heavy atom. The summed E-state index contributed by atoms with van der Waals surface area (Å²) in [6, 6.07) is 0. The molecule has 0 N–H and O–H groups in total. The second-order valence-electron chi connectivity index (χ2n) is 0. The maximum Gasteiger partial charge on any atom is 0.316 e. The Morgan fingerprint density at radius 2 is 1.00 bits per heavy atom. The molecule has 0 spiro atoms. The van der Waals surface area contributed by atoms with Crippen molar-refractivity contribution in [2.24, 2.45) is 0 Å². The van der Waals surface area contributed by atoms with Crippen molar-refractivity contribution >= 4 is 40.4 Å². The zero-order valence-electron chi connectivity index (χ0n) is 1.04. The van der Waals surface area contributed by atoms with Gasteiger partial charge in [-0.2, -0.15) is 0 Å². The van der Waals surface area contributed by atoms with Crippen molar-refractivity contribution in [1.29, 1.82) is 0 Å². The molecule has 1 radical (unpaired) electrons. The van der Waals surface area contributed by atoms with E-state index in [1.807, 2.05) is 0 Å². The van der Waals surface area contributed by atoms with Gasteiger partial charge in [0.15, 0.2) is 17.4 Å². The van der Waals surface area contributed by atoms with Gasteiger partial charge < -0.3 is 0 Å². The molecule has 0 saturated carbocycles. The molecule has 0 aromatic heterocycles. The van der Waals surface area contributed by atoms with Crippen LogP contribution < -0.4 is 0 Å². The molecule has 0 heterocycles. The van der Waals surface area contributed by atoms with E-state index in [2.05, 4.69) is 0 Å². The Morgan fingerprint density at radius 1 is 1.00 bits per heavy atom. The summed E-state index contributed by atoms with van der Waals surface area (Å²) in [6.45, 7) is 0. The van der Waals surface area contributed by atoms with Crippen molar-refractivity contribution < 1.29 is 36.3 Å². The first kappa shape index (κ1) is 32.1. The number of hydrogen-bond acceptors (Lipinski definition) is 0. The van der Waals surface area contributed by atoms with E-state index in [0.29, 0.717) is 0 Å². The van der Waals surface area contributed by atoms with Crippen LogP contribution in [0.2, 0.25) is 0 Å². The van der Waals surface area contributed by atoms with Gasteiger partial charge >= 0.3 is 23.1 Å². The maximum atomic E-state index is 0. The van der Waals surface area contributed by atoms with E-state index in [9.17, 15) is 0 Å². The molecule has 0 unspecified atom stereocenters. The Balaban J connectivity index is 0. The molecule has 0 nitrogen and oxygen atoms in total. The molecule has 0 aliphatic rings. The molecule has 0 fully saturated rings. The molecule has 4 heteroatoms. The van der Waals surface area contributed by atoms with Gasteiger partial charge in [0.1, 0.15) is 0 Å². The van der Waals surface area contributed by atoms with E-state index >= 15 is 0 Å². The van der Waals surface area contributed by atoms with Gasteiger partial charge in [0.25, 0.3) is 0 Å². The summed E-state index contributed by atoms with van der Waals surface area (Å²) < 4.78 is 0. The van der Waals surface area contributed by atoms with Crippen LogP contribution >= 0.6 is 0 Å². The minimum absolute atomic E-state index is 0. The molecule has 0 atom stereocenters. The fourth-order valence-electron chi connectivity index (χ4n) is 0. The molecule has 0 aliphatic heterocycles. The maximum absolute atomic E-state index is 0. The number of hydrogen-bond donors (Lipinski definition) is 0. The summed E-state index contributed by atoms with van der Waals surface area (Å²) in [4.78, 5) is 0. The van der Waals surface area contributed by atoms with Gasteiger partial charge in [0, 0.05) is 36.3 Å². The molecular formula is H5AlCoMgZn. The molecule has 0 bridgehead atoms. The van der Waals surface area contributed by atoms with E-state index in [0.717, 1.165) is 0 Å². The fraction of sp³-hybridized carbons (Fsp3) is 0. The Kier molecular flexibility index (Phi) is 145. The molecule has 0 aromatic rings. The summed E-state index contributed by atoms with van der Waals surface area (Å²) in [5.41, 5.74) is 0.